The van der Waals surface area contributed by atoms with Crippen molar-refractivity contribution < 1.29 is 33.6 Å². The largest absolute Gasteiger partial charge is 0.493 e. The lowest BCUT2D eigenvalue weighted by atomic mass is 9.89. The lowest BCUT2D eigenvalue weighted by Crippen LogP contribution is -2.45. The Bertz CT molecular complexity index is 1770. The molecule has 1 amide bonds. The quantitative estimate of drug-likeness (QED) is 0.177. The number of carbonyl (C=O) groups excluding carboxylic acids is 2. The fraction of sp³-hybridized carbons (Fsp3) is 0.350. The monoisotopic (exact) mass is 664 g/mol. The number of aliphatic hydroxyl groups excluding tert-OH is 1. The van der Waals surface area contributed by atoms with Crippen molar-refractivity contribution in [2.75, 3.05) is 32.6 Å². The van der Waals surface area contributed by atoms with E-state index in [1.54, 1.807) is 38.5 Å². The molecule has 9 nitrogen and oxygen atoms in total. The van der Waals surface area contributed by atoms with Crippen LogP contribution in [0.25, 0.3) is 0 Å². The van der Waals surface area contributed by atoms with Gasteiger partial charge in [-0.2, -0.15) is 0 Å². The summed E-state index contributed by atoms with van der Waals surface area (Å²) in [5, 5.41) is 12.5. The third-order valence-electron chi connectivity index (χ3n) is 9.53. The summed E-state index contributed by atoms with van der Waals surface area (Å²) in [6, 6.07) is 26.8. The Morgan fingerprint density at radius 2 is 1.55 bits per heavy atom. The minimum atomic E-state index is -0.609. The van der Waals surface area contributed by atoms with Crippen LogP contribution in [0.1, 0.15) is 70.0 Å². The number of benzene rings is 4. The number of nitrogens with zero attached hydrogens (tertiary/aromatic N) is 1. The van der Waals surface area contributed by atoms with Crippen LogP contribution in [0, 0.1) is 5.92 Å². The van der Waals surface area contributed by atoms with Crippen LogP contribution < -0.4 is 14.8 Å². The second kappa shape index (κ2) is 15.3. The topological polar surface area (TPSA) is 107 Å². The second-order valence-electron chi connectivity index (χ2n) is 12.9. The molecule has 49 heavy (non-hydrogen) atoms. The summed E-state index contributed by atoms with van der Waals surface area (Å²) in [6.07, 6.45) is 0.124. The molecule has 6 rings (SSSR count). The molecule has 4 atom stereocenters. The van der Waals surface area contributed by atoms with Gasteiger partial charge in [0.2, 0.25) is 5.91 Å². The summed E-state index contributed by atoms with van der Waals surface area (Å²) >= 11 is 0. The first-order valence-corrected chi connectivity index (χ1v) is 16.7. The van der Waals surface area contributed by atoms with E-state index in [1.165, 1.54) is 18.1 Å². The van der Waals surface area contributed by atoms with Gasteiger partial charge in [-0.15, -0.1) is 0 Å². The molecule has 2 N–H and O–H groups in total. The molecule has 1 saturated heterocycles. The Balaban J connectivity index is 1.18. The molecule has 2 heterocycles. The van der Waals surface area contributed by atoms with Crippen LogP contribution in [0.3, 0.4) is 0 Å². The molecule has 4 aromatic carbocycles. The first kappa shape index (κ1) is 34.3. The Morgan fingerprint density at radius 1 is 0.878 bits per heavy atom. The Kier molecular flexibility index (Phi) is 10.7. The van der Waals surface area contributed by atoms with Gasteiger partial charge in [0.15, 0.2) is 23.6 Å². The zero-order valence-electron chi connectivity index (χ0n) is 28.5. The van der Waals surface area contributed by atoms with Crippen molar-refractivity contribution in [3.05, 3.63) is 124 Å². The van der Waals surface area contributed by atoms with Gasteiger partial charge in [-0.05, 0) is 65.4 Å². The van der Waals surface area contributed by atoms with E-state index in [-0.39, 0.29) is 42.8 Å². The third kappa shape index (κ3) is 8.03. The van der Waals surface area contributed by atoms with Crippen LogP contribution in [0.15, 0.2) is 84.9 Å². The SMILES string of the molecule is COc1cc2c(cc1OC)CN(C[C@H]1OC(c3ccc(CC(=O)Nc4cccc(C(C)=O)c4)cc3)O[C@@H](c3ccc(CO)cc3)[C@H]1C)CC2. The minimum Gasteiger partial charge on any atom is -0.493 e. The summed E-state index contributed by atoms with van der Waals surface area (Å²) in [6.45, 7) is 6.06. The number of aliphatic hydroxyl groups is 1. The first-order valence-electron chi connectivity index (χ1n) is 16.7. The van der Waals surface area contributed by atoms with Gasteiger partial charge >= 0.3 is 0 Å². The number of amides is 1. The Morgan fingerprint density at radius 3 is 2.22 bits per heavy atom. The highest BCUT2D eigenvalue weighted by Gasteiger charge is 2.39. The molecule has 0 saturated carbocycles. The molecule has 1 fully saturated rings. The van der Waals surface area contributed by atoms with Crippen LogP contribution in [-0.4, -0.2) is 55.1 Å². The number of Topliss-reactive ketones (excluding diaryl/α,β-unsaturated/α-hetero) is 1. The number of carbonyl (C=O) groups is 2. The molecule has 0 spiro atoms. The zero-order chi connectivity index (χ0) is 34.5. The van der Waals surface area contributed by atoms with Crippen molar-refractivity contribution in [3.63, 3.8) is 0 Å². The lowest BCUT2D eigenvalue weighted by molar-refractivity contribution is -0.276. The summed E-state index contributed by atoms with van der Waals surface area (Å²) in [5.74, 6) is 1.31. The highest BCUT2D eigenvalue weighted by molar-refractivity contribution is 5.97. The van der Waals surface area contributed by atoms with Gasteiger partial charge in [-0.25, -0.2) is 0 Å². The van der Waals surface area contributed by atoms with Crippen molar-refractivity contribution in [1.82, 2.24) is 4.90 Å². The normalized spacial score (nSPS) is 20.7. The van der Waals surface area contributed by atoms with Crippen LogP contribution in [0.5, 0.6) is 11.5 Å². The minimum absolute atomic E-state index is 0.0159. The number of nitrogens with one attached hydrogen (secondary N) is 1. The van der Waals surface area contributed by atoms with Crippen molar-refractivity contribution in [2.24, 2.45) is 5.92 Å². The second-order valence-corrected chi connectivity index (χ2v) is 12.9. The number of methoxy groups -OCH3 is 2. The van der Waals surface area contributed by atoms with E-state index in [4.69, 9.17) is 18.9 Å². The van der Waals surface area contributed by atoms with E-state index < -0.39 is 6.29 Å². The van der Waals surface area contributed by atoms with Gasteiger partial charge in [0, 0.05) is 42.4 Å². The van der Waals surface area contributed by atoms with E-state index in [0.717, 1.165) is 59.8 Å². The van der Waals surface area contributed by atoms with Crippen LogP contribution in [0.2, 0.25) is 0 Å². The van der Waals surface area contributed by atoms with Gasteiger partial charge in [0.25, 0.3) is 0 Å². The van der Waals surface area contributed by atoms with Gasteiger partial charge in [-0.1, -0.05) is 67.6 Å². The molecule has 256 valence electrons. The summed E-state index contributed by atoms with van der Waals surface area (Å²) in [5.41, 5.74) is 7.24. The number of fused-ring (bicyclic) bond motifs is 1. The average molecular weight is 665 g/mol. The Labute approximate surface area is 287 Å². The molecular weight excluding hydrogens is 620 g/mol. The first-order chi connectivity index (χ1) is 23.7. The summed E-state index contributed by atoms with van der Waals surface area (Å²) < 4.78 is 24.5. The molecule has 2 aliphatic rings. The fourth-order valence-corrected chi connectivity index (χ4v) is 6.68. The van der Waals surface area contributed by atoms with E-state index in [0.29, 0.717) is 11.3 Å². The highest BCUT2D eigenvalue weighted by Crippen LogP contribution is 2.42. The maximum absolute atomic E-state index is 12.8. The van der Waals surface area contributed by atoms with Crippen LogP contribution >= 0.6 is 0 Å². The molecule has 0 radical (unpaired) electrons. The van der Waals surface area contributed by atoms with Gasteiger partial charge in [-0.3, -0.25) is 14.5 Å². The predicted octanol–water partition coefficient (Wildman–Crippen LogP) is 6.43. The molecule has 1 unspecified atom stereocenters. The number of hydrogen-bond donors (Lipinski definition) is 2. The lowest BCUT2D eigenvalue weighted by Gasteiger charge is -2.43. The zero-order valence-corrected chi connectivity index (χ0v) is 28.5. The van der Waals surface area contributed by atoms with Crippen LogP contribution in [0.4, 0.5) is 5.69 Å². The smallest absolute Gasteiger partial charge is 0.228 e. The van der Waals surface area contributed by atoms with E-state index in [9.17, 15) is 14.7 Å². The van der Waals surface area contributed by atoms with E-state index >= 15 is 0 Å². The number of anilines is 1. The number of ether oxygens (including phenoxy) is 4. The van der Waals surface area contributed by atoms with Gasteiger partial charge in [0.05, 0.1) is 39.5 Å². The van der Waals surface area contributed by atoms with Gasteiger partial charge in [0.1, 0.15) is 0 Å². The molecule has 4 aromatic rings. The molecule has 2 aliphatic heterocycles. The average Bonchev–Trinajstić information content (AvgIpc) is 3.12. The maximum atomic E-state index is 12.8. The fourth-order valence-electron chi connectivity index (χ4n) is 6.68. The van der Waals surface area contributed by atoms with Crippen LogP contribution in [-0.2, 0) is 40.3 Å². The van der Waals surface area contributed by atoms with E-state index in [1.807, 2.05) is 48.5 Å². The molecule has 0 bridgehead atoms. The third-order valence-corrected chi connectivity index (χ3v) is 9.53. The van der Waals surface area contributed by atoms with E-state index in [2.05, 4.69) is 29.3 Å². The Hall–Kier alpha value is -4.54. The standard InChI is InChI=1S/C40H44N2O7/c1-25-37(23-42-17-16-32-20-35(46-3)36(47-4)21-33(32)22-42)48-40(49-39(25)29-12-10-28(24-43)11-13-29)30-14-8-27(9-15-30)18-38(45)41-34-7-5-6-31(19-34)26(2)44/h5-15,19-21,25,37,39-40,43H,16-18,22-24H2,1-4H3,(H,41,45)/t25-,37+,39+,40?/m0/s1. The molecule has 0 aromatic heterocycles. The summed E-state index contributed by atoms with van der Waals surface area (Å²) in [7, 11) is 3.32. The van der Waals surface area contributed by atoms with Crippen molar-refractivity contribution >= 4 is 17.4 Å². The molecule has 0 aliphatic carbocycles. The molecule has 9 heteroatoms. The predicted molar refractivity (Wildman–Crippen MR) is 187 cm³/mol. The summed E-state index contributed by atoms with van der Waals surface area (Å²) in [4.78, 5) is 27.0. The van der Waals surface area contributed by atoms with Crippen molar-refractivity contribution in [3.8, 4) is 11.5 Å². The highest BCUT2D eigenvalue weighted by atomic mass is 16.7. The number of rotatable bonds is 11. The molecular formula is C40H44N2O7. The van der Waals surface area contributed by atoms with Crippen molar-refractivity contribution in [2.45, 2.75) is 58.3 Å². The number of ketones is 1. The van der Waals surface area contributed by atoms with Gasteiger partial charge < -0.3 is 29.4 Å². The maximum Gasteiger partial charge on any atom is 0.228 e. The number of hydrogen-bond acceptors (Lipinski definition) is 8. The van der Waals surface area contributed by atoms with Crippen molar-refractivity contribution in [1.29, 1.82) is 0 Å².